The Morgan fingerprint density at radius 1 is 0.286 bits per heavy atom. The van der Waals surface area contributed by atoms with E-state index in [4.69, 9.17) is 15.0 Å². The van der Waals surface area contributed by atoms with E-state index in [0.29, 0.717) is 17.6 Å². The topological polar surface area (TPSA) is 48.5 Å². The van der Waals surface area contributed by atoms with Crippen molar-refractivity contribution in [2.75, 3.05) is 0 Å². The summed E-state index contributed by atoms with van der Waals surface area (Å²) in [7, 11) is 0. The van der Waals surface area contributed by atoms with Gasteiger partial charge < -0.3 is 4.57 Å². The molecule has 11 rings (SSSR count). The number of aromatic nitrogens is 5. The Bertz CT molecular complexity index is 3200. The van der Waals surface area contributed by atoms with Gasteiger partial charge in [0.1, 0.15) is 0 Å². The van der Waals surface area contributed by atoms with Crippen molar-refractivity contribution in [2.45, 2.75) is 0 Å². The van der Waals surface area contributed by atoms with Gasteiger partial charge in [0.15, 0.2) is 11.6 Å². The van der Waals surface area contributed by atoms with Gasteiger partial charge in [-0.2, -0.15) is 9.97 Å². The molecule has 3 heterocycles. The van der Waals surface area contributed by atoms with Crippen molar-refractivity contribution in [1.82, 2.24) is 24.1 Å². The van der Waals surface area contributed by atoms with E-state index in [9.17, 15) is 0 Å². The second-order valence-electron chi connectivity index (χ2n) is 14.1. The molecule has 0 aliphatic rings. The van der Waals surface area contributed by atoms with Gasteiger partial charge in [-0.1, -0.05) is 158 Å². The Kier molecular flexibility index (Phi) is 7.42. The number of para-hydroxylation sites is 4. The third kappa shape index (κ3) is 5.21. The van der Waals surface area contributed by atoms with Crippen LogP contribution >= 0.6 is 0 Å². The molecule has 3 aromatic heterocycles. The van der Waals surface area contributed by atoms with Crippen LogP contribution in [0.25, 0.3) is 100 Å². The molecule has 0 fully saturated rings. The second-order valence-corrected chi connectivity index (χ2v) is 14.1. The first-order chi connectivity index (χ1) is 27.8. The normalized spacial score (nSPS) is 11.6. The predicted octanol–water partition coefficient (Wildman–Crippen LogP) is 12.7. The van der Waals surface area contributed by atoms with E-state index in [2.05, 4.69) is 203 Å². The summed E-state index contributed by atoms with van der Waals surface area (Å²) in [5.74, 6) is 1.76. The third-order valence-electron chi connectivity index (χ3n) is 10.8. The molecule has 262 valence electrons. The molecule has 0 aliphatic carbocycles. The van der Waals surface area contributed by atoms with Crippen LogP contribution in [0.4, 0.5) is 0 Å². The van der Waals surface area contributed by atoms with Gasteiger partial charge in [0, 0.05) is 32.7 Å². The van der Waals surface area contributed by atoms with Crippen LogP contribution in [-0.4, -0.2) is 24.1 Å². The number of nitrogens with zero attached hydrogens (tertiary/aromatic N) is 5. The van der Waals surface area contributed by atoms with Gasteiger partial charge in [0.2, 0.25) is 5.95 Å². The summed E-state index contributed by atoms with van der Waals surface area (Å²) < 4.78 is 4.54. The van der Waals surface area contributed by atoms with Crippen LogP contribution in [0.5, 0.6) is 0 Å². The highest BCUT2D eigenvalue weighted by atomic mass is 15.2. The zero-order chi connectivity index (χ0) is 37.0. The van der Waals surface area contributed by atoms with E-state index >= 15 is 0 Å². The Morgan fingerprint density at radius 3 is 1.43 bits per heavy atom. The third-order valence-corrected chi connectivity index (χ3v) is 10.8. The smallest absolute Gasteiger partial charge is 0.238 e. The SMILES string of the molecule is c1ccc(-c2cccc(-c3nc(-c4ccccc4-n4c5ccccc5c5ccccc54)nc(-n4c5ccccc5c5ccc(-c6ccccc6)cc54)n3)c2)cc1. The van der Waals surface area contributed by atoms with Gasteiger partial charge in [0.05, 0.1) is 27.8 Å². The van der Waals surface area contributed by atoms with Gasteiger partial charge in [0.25, 0.3) is 0 Å². The van der Waals surface area contributed by atoms with Crippen molar-refractivity contribution in [3.05, 3.63) is 200 Å². The lowest BCUT2D eigenvalue weighted by Crippen LogP contribution is -2.08. The van der Waals surface area contributed by atoms with Gasteiger partial charge in [-0.05, 0) is 64.7 Å². The zero-order valence-corrected chi connectivity index (χ0v) is 30.3. The highest BCUT2D eigenvalue weighted by Gasteiger charge is 2.21. The van der Waals surface area contributed by atoms with Gasteiger partial charge >= 0.3 is 0 Å². The first-order valence-corrected chi connectivity index (χ1v) is 18.9. The Morgan fingerprint density at radius 2 is 0.768 bits per heavy atom. The van der Waals surface area contributed by atoms with Crippen molar-refractivity contribution >= 4 is 43.6 Å². The van der Waals surface area contributed by atoms with Crippen LogP contribution in [0.3, 0.4) is 0 Å². The zero-order valence-electron chi connectivity index (χ0n) is 30.3. The molecule has 0 saturated heterocycles. The first-order valence-electron chi connectivity index (χ1n) is 18.9. The quantitative estimate of drug-likeness (QED) is 0.172. The van der Waals surface area contributed by atoms with Crippen LogP contribution < -0.4 is 0 Å². The standard InChI is InChI=1S/C51H33N5/c1-3-16-34(17-4-1)36-20-15-21-38(32-36)49-52-50(43-25-10-14-29-47(43)55-44-26-11-7-22-39(44)40-23-8-12-27-45(40)55)54-51(53-49)56-46-28-13-9-24-41(46)42-31-30-37(33-48(42)56)35-18-5-2-6-19-35/h1-33H. The summed E-state index contributed by atoms with van der Waals surface area (Å²) in [6.07, 6.45) is 0. The molecular formula is C51H33N5. The molecule has 56 heavy (non-hydrogen) atoms. The maximum absolute atomic E-state index is 5.41. The molecule has 0 radical (unpaired) electrons. The van der Waals surface area contributed by atoms with Gasteiger partial charge in [-0.15, -0.1) is 0 Å². The summed E-state index contributed by atoms with van der Waals surface area (Å²) >= 11 is 0. The van der Waals surface area contributed by atoms with Gasteiger partial charge in [-0.25, -0.2) is 4.98 Å². The van der Waals surface area contributed by atoms with Crippen LogP contribution in [0, 0.1) is 0 Å². The predicted molar refractivity (Wildman–Crippen MR) is 230 cm³/mol. The molecule has 0 atom stereocenters. The number of fused-ring (bicyclic) bond motifs is 6. The minimum Gasteiger partial charge on any atom is -0.309 e. The molecule has 5 nitrogen and oxygen atoms in total. The van der Waals surface area contributed by atoms with E-state index in [1.807, 2.05) is 6.07 Å². The molecule has 0 bridgehead atoms. The fraction of sp³-hybridized carbons (Fsp3) is 0. The molecule has 11 aromatic rings. The van der Waals surface area contributed by atoms with Crippen molar-refractivity contribution in [2.24, 2.45) is 0 Å². The number of benzene rings is 8. The lowest BCUT2D eigenvalue weighted by molar-refractivity contribution is 0.952. The fourth-order valence-electron chi connectivity index (χ4n) is 8.22. The average molecular weight is 716 g/mol. The summed E-state index contributed by atoms with van der Waals surface area (Å²) in [5.41, 5.74) is 11.7. The molecule has 8 aromatic carbocycles. The van der Waals surface area contributed by atoms with Crippen LogP contribution in [0.2, 0.25) is 0 Å². The average Bonchev–Trinajstić information content (AvgIpc) is 3.79. The summed E-state index contributed by atoms with van der Waals surface area (Å²) in [6.45, 7) is 0. The molecule has 5 heteroatoms. The minimum absolute atomic E-state index is 0.559. The van der Waals surface area contributed by atoms with E-state index in [-0.39, 0.29) is 0 Å². The van der Waals surface area contributed by atoms with Crippen molar-refractivity contribution in [3.63, 3.8) is 0 Å². The van der Waals surface area contributed by atoms with E-state index in [1.165, 1.54) is 10.8 Å². The first kappa shape index (κ1) is 31.9. The van der Waals surface area contributed by atoms with E-state index in [1.54, 1.807) is 0 Å². The Hall–Kier alpha value is -7.63. The number of rotatable bonds is 6. The molecule has 0 unspecified atom stereocenters. The van der Waals surface area contributed by atoms with Crippen LogP contribution in [0.15, 0.2) is 200 Å². The van der Waals surface area contributed by atoms with Gasteiger partial charge in [-0.3, -0.25) is 4.57 Å². The molecule has 0 amide bonds. The second kappa shape index (κ2) is 13.0. The van der Waals surface area contributed by atoms with Crippen LogP contribution in [0.1, 0.15) is 0 Å². The maximum Gasteiger partial charge on any atom is 0.238 e. The highest BCUT2D eigenvalue weighted by Crippen LogP contribution is 2.38. The van der Waals surface area contributed by atoms with Crippen molar-refractivity contribution in [1.29, 1.82) is 0 Å². The largest absolute Gasteiger partial charge is 0.309 e. The minimum atomic E-state index is 0.559. The van der Waals surface area contributed by atoms with E-state index in [0.717, 1.165) is 71.9 Å². The lowest BCUT2D eigenvalue weighted by atomic mass is 10.0. The number of hydrogen-bond donors (Lipinski definition) is 0. The molecule has 0 saturated carbocycles. The molecule has 0 N–H and O–H groups in total. The molecular weight excluding hydrogens is 683 g/mol. The monoisotopic (exact) mass is 715 g/mol. The van der Waals surface area contributed by atoms with E-state index < -0.39 is 0 Å². The lowest BCUT2D eigenvalue weighted by Gasteiger charge is -2.15. The Balaban J connectivity index is 1.20. The van der Waals surface area contributed by atoms with Crippen molar-refractivity contribution in [3.8, 4) is 56.7 Å². The highest BCUT2D eigenvalue weighted by molar-refractivity contribution is 6.11. The summed E-state index contributed by atoms with van der Waals surface area (Å²) in [6, 6.07) is 70.3. The fourth-order valence-corrected chi connectivity index (χ4v) is 8.22. The maximum atomic E-state index is 5.41. The molecule has 0 spiro atoms. The Labute approximate surface area is 323 Å². The van der Waals surface area contributed by atoms with Crippen molar-refractivity contribution < 1.29 is 0 Å². The van der Waals surface area contributed by atoms with Crippen LogP contribution in [-0.2, 0) is 0 Å². The summed E-state index contributed by atoms with van der Waals surface area (Å²) in [4.78, 5) is 16.1. The number of hydrogen-bond acceptors (Lipinski definition) is 3. The summed E-state index contributed by atoms with van der Waals surface area (Å²) in [5, 5.41) is 4.68. The molecule has 0 aliphatic heterocycles.